The van der Waals surface area contributed by atoms with Crippen LogP contribution in [-0.2, 0) is 5.60 Å². The van der Waals surface area contributed by atoms with Gasteiger partial charge >= 0.3 is 0 Å². The van der Waals surface area contributed by atoms with Crippen LogP contribution < -0.4 is 5.73 Å². The maximum absolute atomic E-state index is 9.81. The van der Waals surface area contributed by atoms with Crippen molar-refractivity contribution in [2.45, 2.75) is 12.5 Å². The molecule has 0 fully saturated rings. The summed E-state index contributed by atoms with van der Waals surface area (Å²) in [6.45, 7) is 1.83. The first-order chi connectivity index (χ1) is 5.97. The third-order valence-electron chi connectivity index (χ3n) is 1.94. The van der Waals surface area contributed by atoms with Gasteiger partial charge in [0.25, 0.3) is 0 Å². The normalized spacial score (nSPS) is 15.5. The van der Waals surface area contributed by atoms with E-state index in [2.05, 4.69) is 15.9 Å². The van der Waals surface area contributed by atoms with Crippen LogP contribution in [0, 0.1) is 0 Å². The molecule has 4 heteroatoms. The molecular formula is C9H11BrClNO. The molecule has 0 radical (unpaired) electrons. The monoisotopic (exact) mass is 263 g/mol. The number of benzene rings is 1. The van der Waals surface area contributed by atoms with Crippen LogP contribution in [-0.4, -0.2) is 11.7 Å². The molecule has 72 valence electrons. The summed E-state index contributed by atoms with van der Waals surface area (Å²) in [6.07, 6.45) is 0. The second-order valence-electron chi connectivity index (χ2n) is 3.11. The fraction of sp³-hybridized carbons (Fsp3) is 0.333. The first-order valence-electron chi connectivity index (χ1n) is 3.85. The minimum Gasteiger partial charge on any atom is -0.384 e. The number of rotatable bonds is 2. The zero-order chi connectivity index (χ0) is 10.1. The van der Waals surface area contributed by atoms with Crippen molar-refractivity contribution in [2.75, 3.05) is 6.54 Å². The van der Waals surface area contributed by atoms with E-state index in [1.807, 2.05) is 0 Å². The molecule has 0 aromatic heterocycles. The van der Waals surface area contributed by atoms with Crippen LogP contribution in [0.2, 0.25) is 5.02 Å². The molecule has 13 heavy (non-hydrogen) atoms. The third kappa shape index (κ3) is 2.44. The predicted molar refractivity (Wildman–Crippen MR) is 57.8 cm³/mol. The van der Waals surface area contributed by atoms with Gasteiger partial charge in [-0.15, -0.1) is 0 Å². The summed E-state index contributed by atoms with van der Waals surface area (Å²) in [5.74, 6) is 0. The molecule has 0 aliphatic heterocycles. The summed E-state index contributed by atoms with van der Waals surface area (Å²) >= 11 is 9.15. The van der Waals surface area contributed by atoms with Crippen molar-refractivity contribution in [3.8, 4) is 0 Å². The summed E-state index contributed by atoms with van der Waals surface area (Å²) < 4.78 is 0.811. The van der Waals surface area contributed by atoms with Gasteiger partial charge in [-0.25, -0.2) is 0 Å². The number of hydrogen-bond acceptors (Lipinski definition) is 2. The molecular weight excluding hydrogens is 253 g/mol. The lowest BCUT2D eigenvalue weighted by Crippen LogP contribution is -2.31. The Hall–Kier alpha value is -0.0900. The topological polar surface area (TPSA) is 46.2 Å². The van der Waals surface area contributed by atoms with Gasteiger partial charge in [0, 0.05) is 11.0 Å². The second kappa shape index (κ2) is 3.96. The van der Waals surface area contributed by atoms with Crippen molar-refractivity contribution < 1.29 is 5.11 Å². The molecule has 1 unspecified atom stereocenters. The fourth-order valence-corrected chi connectivity index (χ4v) is 1.38. The Morgan fingerprint density at radius 1 is 1.62 bits per heavy atom. The van der Waals surface area contributed by atoms with E-state index in [9.17, 15) is 5.11 Å². The molecule has 2 nitrogen and oxygen atoms in total. The molecule has 1 rings (SSSR count). The molecule has 0 amide bonds. The average molecular weight is 265 g/mol. The number of nitrogens with two attached hydrogens (primary N) is 1. The molecule has 0 spiro atoms. The molecule has 0 saturated heterocycles. The zero-order valence-corrected chi connectivity index (χ0v) is 9.56. The fourth-order valence-electron chi connectivity index (χ4n) is 0.949. The largest absolute Gasteiger partial charge is 0.384 e. The first kappa shape index (κ1) is 11.0. The minimum atomic E-state index is -1.01. The molecule has 0 aliphatic rings. The van der Waals surface area contributed by atoms with Gasteiger partial charge in [-0.2, -0.15) is 0 Å². The first-order valence-corrected chi connectivity index (χ1v) is 5.02. The molecule has 0 saturated carbocycles. The van der Waals surface area contributed by atoms with Gasteiger partial charge in [-0.05, 0) is 40.5 Å². The number of aliphatic hydroxyl groups is 1. The van der Waals surface area contributed by atoms with Crippen LogP contribution in [0.4, 0.5) is 0 Å². The van der Waals surface area contributed by atoms with Gasteiger partial charge in [0.15, 0.2) is 0 Å². The highest BCUT2D eigenvalue weighted by atomic mass is 79.9. The second-order valence-corrected chi connectivity index (χ2v) is 4.37. The van der Waals surface area contributed by atoms with Gasteiger partial charge in [0.05, 0.1) is 10.6 Å². The van der Waals surface area contributed by atoms with E-state index in [4.69, 9.17) is 17.3 Å². The maximum atomic E-state index is 9.81. The molecule has 1 atom stereocenters. The Bertz CT molecular complexity index is 314. The number of halogens is 2. The van der Waals surface area contributed by atoms with Crippen LogP contribution in [0.5, 0.6) is 0 Å². The molecule has 0 heterocycles. The Morgan fingerprint density at radius 2 is 2.23 bits per heavy atom. The summed E-state index contributed by atoms with van der Waals surface area (Å²) in [5, 5.41) is 10.4. The minimum absolute atomic E-state index is 0.172. The maximum Gasteiger partial charge on any atom is 0.0990 e. The van der Waals surface area contributed by atoms with Crippen LogP contribution >= 0.6 is 27.5 Å². The van der Waals surface area contributed by atoms with Crippen molar-refractivity contribution >= 4 is 27.5 Å². The highest BCUT2D eigenvalue weighted by Gasteiger charge is 2.21. The van der Waals surface area contributed by atoms with Crippen molar-refractivity contribution in [1.29, 1.82) is 0 Å². The van der Waals surface area contributed by atoms with Gasteiger partial charge in [0.1, 0.15) is 0 Å². The van der Waals surface area contributed by atoms with Gasteiger partial charge in [-0.3, -0.25) is 0 Å². The van der Waals surface area contributed by atoms with E-state index in [1.165, 1.54) is 0 Å². The Balaban J connectivity index is 3.10. The molecule has 0 aliphatic carbocycles. The third-order valence-corrected chi connectivity index (χ3v) is 3.17. The molecule has 3 N–H and O–H groups in total. The smallest absolute Gasteiger partial charge is 0.0990 e. The van der Waals surface area contributed by atoms with E-state index >= 15 is 0 Å². The van der Waals surface area contributed by atoms with E-state index in [0.717, 1.165) is 10.0 Å². The lowest BCUT2D eigenvalue weighted by atomic mass is 9.96. The summed E-state index contributed by atoms with van der Waals surface area (Å²) in [4.78, 5) is 0. The lowest BCUT2D eigenvalue weighted by molar-refractivity contribution is 0.0668. The van der Waals surface area contributed by atoms with Gasteiger partial charge in [-0.1, -0.05) is 17.7 Å². The van der Waals surface area contributed by atoms with Crippen LogP contribution in [0.25, 0.3) is 0 Å². The van der Waals surface area contributed by atoms with Crippen LogP contribution in [0.3, 0.4) is 0 Å². The van der Waals surface area contributed by atoms with Crippen LogP contribution in [0.1, 0.15) is 12.5 Å². The van der Waals surface area contributed by atoms with Gasteiger partial charge in [0.2, 0.25) is 0 Å². The molecule has 1 aromatic rings. The van der Waals surface area contributed by atoms with E-state index in [-0.39, 0.29) is 6.54 Å². The van der Waals surface area contributed by atoms with Crippen molar-refractivity contribution in [1.82, 2.24) is 0 Å². The van der Waals surface area contributed by atoms with E-state index in [1.54, 1.807) is 25.1 Å². The van der Waals surface area contributed by atoms with E-state index in [0.29, 0.717) is 5.02 Å². The summed E-state index contributed by atoms with van der Waals surface area (Å²) in [5.41, 5.74) is 5.14. The van der Waals surface area contributed by atoms with Crippen LogP contribution in [0.15, 0.2) is 22.7 Å². The highest BCUT2D eigenvalue weighted by Crippen LogP contribution is 2.28. The Morgan fingerprint density at radius 3 is 2.69 bits per heavy atom. The quantitative estimate of drug-likeness (QED) is 0.861. The van der Waals surface area contributed by atoms with Gasteiger partial charge < -0.3 is 10.8 Å². The molecule has 0 bridgehead atoms. The Labute approximate surface area is 90.8 Å². The highest BCUT2D eigenvalue weighted by molar-refractivity contribution is 9.10. The zero-order valence-electron chi connectivity index (χ0n) is 7.22. The van der Waals surface area contributed by atoms with Crippen molar-refractivity contribution in [2.24, 2.45) is 5.73 Å². The Kier molecular flexibility index (Phi) is 3.35. The standard InChI is InChI=1S/C9H11BrClNO/c1-9(13,5-12)6-2-3-7(10)8(11)4-6/h2-4,13H,5,12H2,1H3. The van der Waals surface area contributed by atoms with Crippen molar-refractivity contribution in [3.63, 3.8) is 0 Å². The van der Waals surface area contributed by atoms with E-state index < -0.39 is 5.60 Å². The summed E-state index contributed by atoms with van der Waals surface area (Å²) in [7, 11) is 0. The van der Waals surface area contributed by atoms with Crippen molar-refractivity contribution in [3.05, 3.63) is 33.3 Å². The SMILES string of the molecule is CC(O)(CN)c1ccc(Br)c(Cl)c1. The lowest BCUT2D eigenvalue weighted by Gasteiger charge is -2.21. The molecule has 1 aromatic carbocycles. The average Bonchev–Trinajstić information content (AvgIpc) is 2.09. The number of hydrogen-bond donors (Lipinski definition) is 2. The summed E-state index contributed by atoms with van der Waals surface area (Å²) in [6, 6.07) is 5.29. The predicted octanol–water partition coefficient (Wildman–Crippen LogP) is 2.27.